The molecule has 0 aromatic rings. The normalized spacial score (nSPS) is 33.6. The van der Waals surface area contributed by atoms with Crippen molar-refractivity contribution in [1.82, 2.24) is 10.6 Å². The van der Waals surface area contributed by atoms with Crippen LogP contribution in [0, 0.1) is 23.7 Å². The lowest BCUT2D eigenvalue weighted by atomic mass is 9.84. The molecule has 0 aliphatic heterocycles. The molecule has 3 rings (SSSR count). The molecule has 3 aliphatic rings. The van der Waals surface area contributed by atoms with Crippen LogP contribution < -0.4 is 10.6 Å². The molecular formula is C15H22N2O4. The zero-order valence-electron chi connectivity index (χ0n) is 12.3. The van der Waals surface area contributed by atoms with Crippen LogP contribution in [0.25, 0.3) is 0 Å². The molecule has 6 heteroatoms. The summed E-state index contributed by atoms with van der Waals surface area (Å²) in [6, 6.07) is -0.137. The summed E-state index contributed by atoms with van der Waals surface area (Å²) >= 11 is 0. The molecular weight excluding hydrogens is 272 g/mol. The zero-order valence-corrected chi connectivity index (χ0v) is 12.3. The predicted molar refractivity (Wildman–Crippen MR) is 74.0 cm³/mol. The van der Waals surface area contributed by atoms with Gasteiger partial charge in [0, 0.05) is 12.0 Å². The van der Waals surface area contributed by atoms with Gasteiger partial charge in [-0.3, -0.25) is 14.4 Å². The largest absolute Gasteiger partial charge is 0.469 e. The highest BCUT2D eigenvalue weighted by atomic mass is 16.5. The van der Waals surface area contributed by atoms with Crippen molar-refractivity contribution in [3.05, 3.63) is 0 Å². The Morgan fingerprint density at radius 3 is 2.48 bits per heavy atom. The number of hydrogen-bond donors (Lipinski definition) is 2. The number of fused-ring (bicyclic) bond motifs is 2. The van der Waals surface area contributed by atoms with Crippen molar-refractivity contribution in [2.75, 3.05) is 13.7 Å². The summed E-state index contributed by atoms with van der Waals surface area (Å²) in [7, 11) is 1.39. The fourth-order valence-electron chi connectivity index (χ4n) is 3.87. The molecule has 0 aromatic carbocycles. The molecule has 0 radical (unpaired) electrons. The maximum Gasteiger partial charge on any atom is 0.311 e. The van der Waals surface area contributed by atoms with Crippen LogP contribution in [0.2, 0.25) is 0 Å². The van der Waals surface area contributed by atoms with Crippen molar-refractivity contribution in [2.24, 2.45) is 23.7 Å². The van der Waals surface area contributed by atoms with Gasteiger partial charge in [-0.2, -0.15) is 0 Å². The van der Waals surface area contributed by atoms with Crippen molar-refractivity contribution in [3.63, 3.8) is 0 Å². The van der Waals surface area contributed by atoms with Crippen molar-refractivity contribution < 1.29 is 19.1 Å². The minimum absolute atomic E-state index is 0.00286. The zero-order chi connectivity index (χ0) is 15.0. The van der Waals surface area contributed by atoms with E-state index in [-0.39, 0.29) is 42.2 Å². The van der Waals surface area contributed by atoms with E-state index in [0.29, 0.717) is 11.8 Å². The molecule has 2 bridgehead atoms. The molecule has 0 spiro atoms. The highest BCUT2D eigenvalue weighted by molar-refractivity contribution is 5.87. The average Bonchev–Trinajstić information content (AvgIpc) is 3.15. The first-order chi connectivity index (χ1) is 10.1. The second kappa shape index (κ2) is 5.66. The monoisotopic (exact) mass is 294 g/mol. The third kappa shape index (κ3) is 2.89. The highest BCUT2D eigenvalue weighted by Gasteiger charge is 2.51. The Labute approximate surface area is 124 Å². The summed E-state index contributed by atoms with van der Waals surface area (Å²) in [5.74, 6) is 0.0866. The molecule has 3 aliphatic carbocycles. The molecule has 3 saturated carbocycles. The van der Waals surface area contributed by atoms with Crippen LogP contribution in [0.5, 0.6) is 0 Å². The van der Waals surface area contributed by atoms with Gasteiger partial charge in [0.05, 0.1) is 19.6 Å². The Kier molecular flexibility index (Phi) is 3.87. The molecule has 21 heavy (non-hydrogen) atoms. The fraction of sp³-hybridized carbons (Fsp3) is 0.800. The van der Waals surface area contributed by atoms with Gasteiger partial charge in [-0.1, -0.05) is 0 Å². The van der Waals surface area contributed by atoms with E-state index in [0.717, 1.165) is 32.1 Å². The quantitative estimate of drug-likeness (QED) is 0.710. The Morgan fingerprint density at radius 2 is 1.81 bits per heavy atom. The van der Waals surface area contributed by atoms with Gasteiger partial charge < -0.3 is 15.4 Å². The first-order valence-electron chi connectivity index (χ1n) is 7.75. The standard InChI is InChI=1S/C15H22N2O4/c1-21-15(20)12-9-4-5-10(6-9)13(12)17-11(18)7-16-14(19)8-2-3-8/h8-10,12-13H,2-7H2,1H3,(H,16,19)(H,17,18)/t9-,10-,12+,13+/m0/s1. The van der Waals surface area contributed by atoms with Gasteiger partial charge in [0.25, 0.3) is 0 Å². The van der Waals surface area contributed by atoms with E-state index < -0.39 is 0 Å². The summed E-state index contributed by atoms with van der Waals surface area (Å²) in [5.41, 5.74) is 0. The molecule has 4 atom stereocenters. The van der Waals surface area contributed by atoms with Crippen molar-refractivity contribution >= 4 is 17.8 Å². The Bertz CT molecular complexity index is 461. The maximum absolute atomic E-state index is 12.0. The number of methoxy groups -OCH3 is 1. The first kappa shape index (κ1) is 14.4. The Morgan fingerprint density at radius 1 is 1.10 bits per heavy atom. The van der Waals surface area contributed by atoms with Crippen molar-refractivity contribution in [3.8, 4) is 0 Å². The van der Waals surface area contributed by atoms with Gasteiger partial charge in [0.2, 0.25) is 11.8 Å². The maximum atomic E-state index is 12.0. The fourth-order valence-corrected chi connectivity index (χ4v) is 3.87. The molecule has 2 amide bonds. The molecule has 0 aromatic heterocycles. The van der Waals surface area contributed by atoms with Gasteiger partial charge in [0.15, 0.2) is 0 Å². The predicted octanol–water partition coefficient (Wildman–Crippen LogP) is 0.217. The van der Waals surface area contributed by atoms with Crippen LogP contribution in [0.1, 0.15) is 32.1 Å². The lowest BCUT2D eigenvalue weighted by Crippen LogP contribution is -2.50. The second-order valence-corrected chi connectivity index (χ2v) is 6.47. The van der Waals surface area contributed by atoms with E-state index in [4.69, 9.17) is 4.74 Å². The van der Waals surface area contributed by atoms with Gasteiger partial charge >= 0.3 is 5.97 Å². The minimum Gasteiger partial charge on any atom is -0.469 e. The number of nitrogens with one attached hydrogen (secondary N) is 2. The van der Waals surface area contributed by atoms with E-state index in [1.54, 1.807) is 0 Å². The SMILES string of the molecule is COC(=O)[C@@H]1[C@H]2CC[C@@H](C2)[C@H]1NC(=O)CNC(=O)C1CC1. The number of ether oxygens (including phenoxy) is 1. The van der Waals surface area contributed by atoms with Crippen molar-refractivity contribution in [1.29, 1.82) is 0 Å². The summed E-state index contributed by atoms with van der Waals surface area (Å²) in [4.78, 5) is 35.4. The van der Waals surface area contributed by atoms with Crippen LogP contribution in [0.3, 0.4) is 0 Å². The number of amides is 2. The van der Waals surface area contributed by atoms with E-state index in [1.807, 2.05) is 0 Å². The van der Waals surface area contributed by atoms with E-state index in [2.05, 4.69) is 10.6 Å². The smallest absolute Gasteiger partial charge is 0.311 e. The van der Waals surface area contributed by atoms with Crippen LogP contribution >= 0.6 is 0 Å². The van der Waals surface area contributed by atoms with E-state index in [9.17, 15) is 14.4 Å². The molecule has 3 fully saturated rings. The summed E-state index contributed by atoms with van der Waals surface area (Å²) < 4.78 is 4.88. The van der Waals surface area contributed by atoms with Crippen LogP contribution in [0.15, 0.2) is 0 Å². The molecule has 2 N–H and O–H groups in total. The van der Waals surface area contributed by atoms with Gasteiger partial charge in [-0.15, -0.1) is 0 Å². The van der Waals surface area contributed by atoms with Gasteiger partial charge in [-0.05, 0) is 43.9 Å². The number of carbonyl (C=O) groups is 3. The Balaban J connectivity index is 1.53. The topological polar surface area (TPSA) is 84.5 Å². The third-order valence-corrected chi connectivity index (χ3v) is 5.09. The highest BCUT2D eigenvalue weighted by Crippen LogP contribution is 2.48. The van der Waals surface area contributed by atoms with Crippen LogP contribution in [-0.2, 0) is 19.1 Å². The Hall–Kier alpha value is -1.59. The first-order valence-corrected chi connectivity index (χ1v) is 7.75. The third-order valence-electron chi connectivity index (χ3n) is 5.09. The molecule has 0 unspecified atom stereocenters. The lowest BCUT2D eigenvalue weighted by Gasteiger charge is -2.29. The summed E-state index contributed by atoms with van der Waals surface area (Å²) in [5, 5.41) is 5.59. The second-order valence-electron chi connectivity index (χ2n) is 6.47. The molecule has 0 heterocycles. The molecule has 116 valence electrons. The number of esters is 1. The van der Waals surface area contributed by atoms with Crippen molar-refractivity contribution in [2.45, 2.75) is 38.1 Å². The van der Waals surface area contributed by atoms with Gasteiger partial charge in [0.1, 0.15) is 0 Å². The lowest BCUT2D eigenvalue weighted by molar-refractivity contribution is -0.148. The number of rotatable bonds is 5. The number of carbonyl (C=O) groups excluding carboxylic acids is 3. The number of hydrogen-bond acceptors (Lipinski definition) is 4. The molecule has 0 saturated heterocycles. The summed E-state index contributed by atoms with van der Waals surface area (Å²) in [6.45, 7) is -0.00286. The van der Waals surface area contributed by atoms with Gasteiger partial charge in [-0.25, -0.2) is 0 Å². The van der Waals surface area contributed by atoms with Crippen LogP contribution in [0.4, 0.5) is 0 Å². The van der Waals surface area contributed by atoms with E-state index in [1.165, 1.54) is 7.11 Å². The minimum atomic E-state index is -0.227. The summed E-state index contributed by atoms with van der Waals surface area (Å²) in [6.07, 6.45) is 4.92. The average molecular weight is 294 g/mol. The molecule has 6 nitrogen and oxygen atoms in total. The van der Waals surface area contributed by atoms with E-state index >= 15 is 0 Å². The van der Waals surface area contributed by atoms with Crippen LogP contribution in [-0.4, -0.2) is 37.5 Å².